The number of methoxy groups -OCH3 is 1. The summed E-state index contributed by atoms with van der Waals surface area (Å²) in [5.41, 5.74) is 0.451. The van der Waals surface area contributed by atoms with Gasteiger partial charge in [-0.2, -0.15) is 4.68 Å². The molecule has 0 bridgehead atoms. The van der Waals surface area contributed by atoms with Gasteiger partial charge in [0.2, 0.25) is 0 Å². The third kappa shape index (κ3) is 2.63. The summed E-state index contributed by atoms with van der Waals surface area (Å²) in [5.74, 6) is -0.791. The number of esters is 1. The Hall–Kier alpha value is -2.18. The third-order valence-corrected chi connectivity index (χ3v) is 1.68. The molecule has 0 unspecified atom stereocenters. The number of carbonyl (C=O) groups is 1. The number of hydrogen-bond donors (Lipinski definition) is 0. The van der Waals surface area contributed by atoms with Crippen LogP contribution in [0.2, 0.25) is 0 Å². The van der Waals surface area contributed by atoms with Gasteiger partial charge in [0.15, 0.2) is 0 Å². The molecule has 0 atom stereocenters. The van der Waals surface area contributed by atoms with E-state index in [1.165, 1.54) is 30.0 Å². The number of nitro groups is 1. The van der Waals surface area contributed by atoms with Crippen LogP contribution >= 0.6 is 0 Å². The van der Waals surface area contributed by atoms with Gasteiger partial charge in [-0.15, -0.1) is 0 Å². The maximum atomic E-state index is 10.8. The molecular formula is C8H9N3O4. The summed E-state index contributed by atoms with van der Waals surface area (Å²) in [5, 5.41) is 14.0. The van der Waals surface area contributed by atoms with Crippen LogP contribution in [-0.4, -0.2) is 27.8 Å². The van der Waals surface area contributed by atoms with Gasteiger partial charge in [-0.1, -0.05) is 0 Å². The second kappa shape index (κ2) is 4.36. The topological polar surface area (TPSA) is 87.3 Å². The van der Waals surface area contributed by atoms with Gasteiger partial charge in [-0.3, -0.25) is 0 Å². The van der Waals surface area contributed by atoms with Crippen LogP contribution in [0, 0.1) is 10.1 Å². The standard InChI is InChI=1S/C8H9N3O4/c1-10-6(3-4-8(12)15-2)5-7(9-10)11(13)14/h3-5H,1-2H3. The SMILES string of the molecule is COC(=O)C=Cc1cc([N+](=O)[O-])nn1C. The molecular weight excluding hydrogens is 202 g/mol. The maximum Gasteiger partial charge on any atom is 0.390 e. The van der Waals surface area contributed by atoms with Crippen molar-refractivity contribution in [3.05, 3.63) is 28.0 Å². The first-order valence-corrected chi connectivity index (χ1v) is 3.99. The number of carbonyl (C=O) groups excluding carboxylic acids is 1. The van der Waals surface area contributed by atoms with Crippen molar-refractivity contribution in [1.82, 2.24) is 9.78 Å². The molecule has 0 aromatic carbocycles. The highest BCUT2D eigenvalue weighted by molar-refractivity contribution is 5.86. The first-order chi connectivity index (χ1) is 7.04. The minimum absolute atomic E-state index is 0.262. The quantitative estimate of drug-likeness (QED) is 0.314. The Morgan fingerprint density at radius 2 is 2.40 bits per heavy atom. The lowest BCUT2D eigenvalue weighted by molar-refractivity contribution is -0.389. The highest BCUT2D eigenvalue weighted by Crippen LogP contribution is 2.11. The Labute approximate surface area is 85.1 Å². The monoisotopic (exact) mass is 211 g/mol. The molecule has 0 N–H and O–H groups in total. The Bertz CT molecular complexity index is 422. The van der Waals surface area contributed by atoms with Crippen LogP contribution in [0.1, 0.15) is 5.69 Å². The summed E-state index contributed by atoms with van der Waals surface area (Å²) in [6.45, 7) is 0. The predicted octanol–water partition coefficient (Wildman–Crippen LogP) is 0.514. The molecule has 80 valence electrons. The van der Waals surface area contributed by atoms with Gasteiger partial charge in [-0.25, -0.2) is 4.79 Å². The van der Waals surface area contributed by atoms with Crippen LogP contribution < -0.4 is 0 Å². The van der Waals surface area contributed by atoms with Crippen LogP contribution in [-0.2, 0) is 16.6 Å². The number of nitrogens with zero attached hydrogens (tertiary/aromatic N) is 3. The van der Waals surface area contributed by atoms with Crippen LogP contribution in [0.3, 0.4) is 0 Å². The molecule has 0 aliphatic carbocycles. The first-order valence-electron chi connectivity index (χ1n) is 3.99. The minimum Gasteiger partial charge on any atom is -0.466 e. The second-order valence-corrected chi connectivity index (χ2v) is 2.66. The molecule has 15 heavy (non-hydrogen) atoms. The van der Waals surface area contributed by atoms with Crippen LogP contribution in [0.4, 0.5) is 5.82 Å². The zero-order valence-electron chi connectivity index (χ0n) is 8.21. The van der Waals surface area contributed by atoms with Gasteiger partial charge in [0.25, 0.3) is 0 Å². The summed E-state index contributed by atoms with van der Waals surface area (Å²) >= 11 is 0. The van der Waals surface area contributed by atoms with E-state index in [-0.39, 0.29) is 5.82 Å². The Morgan fingerprint density at radius 1 is 1.73 bits per heavy atom. The molecule has 0 aliphatic heterocycles. The average molecular weight is 211 g/mol. The van der Waals surface area contributed by atoms with Crippen molar-refractivity contribution in [3.63, 3.8) is 0 Å². The van der Waals surface area contributed by atoms with E-state index in [1.54, 1.807) is 7.05 Å². The van der Waals surface area contributed by atoms with E-state index in [2.05, 4.69) is 9.84 Å². The molecule has 0 fully saturated rings. The van der Waals surface area contributed by atoms with E-state index in [4.69, 9.17) is 0 Å². The number of rotatable bonds is 3. The molecule has 7 heteroatoms. The summed E-state index contributed by atoms with van der Waals surface area (Å²) in [6.07, 6.45) is 2.56. The van der Waals surface area contributed by atoms with Crippen LogP contribution in [0.5, 0.6) is 0 Å². The number of aryl methyl sites for hydroxylation is 1. The van der Waals surface area contributed by atoms with E-state index < -0.39 is 10.9 Å². The van der Waals surface area contributed by atoms with Gasteiger partial charge in [0.05, 0.1) is 31.0 Å². The fourth-order valence-corrected chi connectivity index (χ4v) is 0.933. The van der Waals surface area contributed by atoms with E-state index >= 15 is 0 Å². The normalized spacial score (nSPS) is 10.5. The lowest BCUT2D eigenvalue weighted by Crippen LogP contribution is -1.96. The summed E-state index contributed by atoms with van der Waals surface area (Å²) in [6, 6.07) is 1.26. The minimum atomic E-state index is -0.602. The lowest BCUT2D eigenvalue weighted by atomic mass is 10.3. The number of ether oxygens (including phenoxy) is 1. The summed E-state index contributed by atoms with van der Waals surface area (Å²) in [7, 11) is 2.79. The lowest BCUT2D eigenvalue weighted by Gasteiger charge is -1.89. The summed E-state index contributed by atoms with van der Waals surface area (Å²) in [4.78, 5) is 20.5. The number of aromatic nitrogens is 2. The molecule has 1 aromatic heterocycles. The molecule has 0 radical (unpaired) electrons. The predicted molar refractivity (Wildman–Crippen MR) is 50.9 cm³/mol. The Kier molecular flexibility index (Phi) is 3.17. The molecule has 1 aromatic rings. The zero-order chi connectivity index (χ0) is 11.4. The summed E-state index contributed by atoms with van der Waals surface area (Å²) < 4.78 is 5.68. The molecule has 0 aliphatic rings. The van der Waals surface area contributed by atoms with E-state index in [1.807, 2.05) is 0 Å². The van der Waals surface area contributed by atoms with Crippen molar-refractivity contribution in [1.29, 1.82) is 0 Å². The molecule has 1 heterocycles. The fraction of sp³-hybridized carbons (Fsp3) is 0.250. The van der Waals surface area contributed by atoms with Gasteiger partial charge in [0.1, 0.15) is 0 Å². The first kappa shape index (κ1) is 10.9. The van der Waals surface area contributed by atoms with E-state index in [0.29, 0.717) is 5.69 Å². The molecule has 0 saturated carbocycles. The highest BCUT2D eigenvalue weighted by Gasteiger charge is 2.13. The third-order valence-electron chi connectivity index (χ3n) is 1.68. The van der Waals surface area contributed by atoms with Crippen molar-refractivity contribution in [3.8, 4) is 0 Å². The average Bonchev–Trinajstić information content (AvgIpc) is 2.56. The smallest absolute Gasteiger partial charge is 0.390 e. The molecule has 7 nitrogen and oxygen atoms in total. The molecule has 1 rings (SSSR count). The van der Waals surface area contributed by atoms with E-state index in [0.717, 1.165) is 0 Å². The zero-order valence-corrected chi connectivity index (χ0v) is 8.21. The fourth-order valence-electron chi connectivity index (χ4n) is 0.933. The maximum absolute atomic E-state index is 10.8. The molecule has 0 amide bonds. The van der Waals surface area contributed by atoms with Gasteiger partial charge >= 0.3 is 11.8 Å². The van der Waals surface area contributed by atoms with Crippen molar-refractivity contribution >= 4 is 17.9 Å². The second-order valence-electron chi connectivity index (χ2n) is 2.66. The van der Waals surface area contributed by atoms with Crippen LogP contribution in [0.25, 0.3) is 6.08 Å². The van der Waals surface area contributed by atoms with Crippen molar-refractivity contribution in [2.45, 2.75) is 0 Å². The van der Waals surface area contributed by atoms with Gasteiger partial charge in [0, 0.05) is 6.08 Å². The Morgan fingerprint density at radius 3 is 2.87 bits per heavy atom. The van der Waals surface area contributed by atoms with Crippen molar-refractivity contribution in [2.24, 2.45) is 7.05 Å². The largest absolute Gasteiger partial charge is 0.466 e. The van der Waals surface area contributed by atoms with Gasteiger partial charge < -0.3 is 14.9 Å². The highest BCUT2D eigenvalue weighted by atomic mass is 16.6. The van der Waals surface area contributed by atoms with Crippen molar-refractivity contribution < 1.29 is 14.5 Å². The van der Waals surface area contributed by atoms with Crippen molar-refractivity contribution in [2.75, 3.05) is 7.11 Å². The van der Waals surface area contributed by atoms with E-state index in [9.17, 15) is 14.9 Å². The number of hydrogen-bond acceptors (Lipinski definition) is 5. The van der Waals surface area contributed by atoms with Crippen LogP contribution in [0.15, 0.2) is 12.1 Å². The molecule has 0 saturated heterocycles. The van der Waals surface area contributed by atoms with Gasteiger partial charge in [-0.05, 0) is 11.0 Å². The molecule has 0 spiro atoms. The Balaban J connectivity index is 2.91.